The molecule has 7 heteroatoms. The minimum atomic E-state index is -2.71. The number of aryl methyl sites for hydroxylation is 1. The van der Waals surface area contributed by atoms with Gasteiger partial charge in [-0.2, -0.15) is 0 Å². The van der Waals surface area contributed by atoms with Gasteiger partial charge in [-0.05, 0) is 78.2 Å². The molecule has 2 N–H and O–H groups in total. The third kappa shape index (κ3) is 7.63. The van der Waals surface area contributed by atoms with Crippen LogP contribution in [-0.2, 0) is 9.16 Å². The Morgan fingerprint density at radius 3 is 1.93 bits per heavy atom. The van der Waals surface area contributed by atoms with E-state index in [0.29, 0.717) is 19.4 Å². The van der Waals surface area contributed by atoms with Crippen LogP contribution in [0.1, 0.15) is 64.5 Å². The number of hydrogen-bond acceptors (Lipinski definition) is 5. The summed E-state index contributed by atoms with van der Waals surface area (Å²) in [5, 5.41) is 23.9. The molecule has 0 saturated carbocycles. The van der Waals surface area contributed by atoms with Crippen LogP contribution >= 0.6 is 15.9 Å². The second kappa shape index (κ2) is 13.8. The first-order chi connectivity index (χ1) is 18.8. The minimum Gasteiger partial charge on any atom is -0.467 e. The summed E-state index contributed by atoms with van der Waals surface area (Å²) < 4.78 is 19.1. The Kier molecular flexibility index (Phi) is 11.2. The molecule has 3 aromatic carbocycles. The van der Waals surface area contributed by atoms with Crippen LogP contribution in [0.5, 0.6) is 5.75 Å². The zero-order valence-electron chi connectivity index (χ0n) is 24.9. The first-order valence-electron chi connectivity index (χ1n) is 13.9. The normalized spacial score (nSPS) is 14.2. The average molecular weight is 630 g/mol. The topological polar surface area (TPSA) is 68.2 Å². The van der Waals surface area contributed by atoms with Crippen molar-refractivity contribution in [1.29, 1.82) is 0 Å². The molecule has 3 rings (SSSR count). The standard InChI is InChI=1S/C33H45BrO5Si/c1-24-20-29(34)28(22-30(24)38-23-37-7)25(21-31(35)33(5,6)36)18-19-39-40(32(2,3)4,26-14-10-8-11-15-26)27-16-12-9-13-17-27/h8-17,20,22,25,31,35-36H,18-19,21,23H2,1-7H3/t25-,31-/m1/s1. The Balaban J connectivity index is 2.02. The van der Waals surface area contributed by atoms with Crippen LogP contribution in [0, 0.1) is 6.92 Å². The van der Waals surface area contributed by atoms with E-state index < -0.39 is 20.0 Å². The third-order valence-electron chi connectivity index (χ3n) is 7.59. The predicted octanol–water partition coefficient (Wildman–Crippen LogP) is 6.31. The highest BCUT2D eigenvalue weighted by molar-refractivity contribution is 9.10. The number of aliphatic hydroxyl groups excluding tert-OH is 1. The van der Waals surface area contributed by atoms with E-state index >= 15 is 0 Å². The summed E-state index contributed by atoms with van der Waals surface area (Å²) in [4.78, 5) is 0. The molecule has 0 unspecified atom stereocenters. The van der Waals surface area contributed by atoms with Crippen molar-refractivity contribution < 1.29 is 24.1 Å². The van der Waals surface area contributed by atoms with E-state index in [2.05, 4.69) is 85.2 Å². The van der Waals surface area contributed by atoms with Crippen molar-refractivity contribution in [2.45, 2.75) is 77.0 Å². The summed E-state index contributed by atoms with van der Waals surface area (Å²) in [6.07, 6.45) is 0.115. The number of aliphatic hydroxyl groups is 2. The van der Waals surface area contributed by atoms with Gasteiger partial charge >= 0.3 is 0 Å². The lowest BCUT2D eigenvalue weighted by molar-refractivity contribution is -0.0549. The fourth-order valence-electron chi connectivity index (χ4n) is 5.33. The summed E-state index contributed by atoms with van der Waals surface area (Å²) in [7, 11) is -1.11. The number of benzene rings is 3. The van der Waals surface area contributed by atoms with Crippen molar-refractivity contribution in [3.05, 3.63) is 88.4 Å². The van der Waals surface area contributed by atoms with Gasteiger partial charge in [0.15, 0.2) is 6.79 Å². The van der Waals surface area contributed by atoms with Crippen LogP contribution in [0.3, 0.4) is 0 Å². The summed E-state index contributed by atoms with van der Waals surface area (Å²) in [5.74, 6) is 0.634. The van der Waals surface area contributed by atoms with Crippen LogP contribution in [0.25, 0.3) is 0 Å². The predicted molar refractivity (Wildman–Crippen MR) is 169 cm³/mol. The lowest BCUT2D eigenvalue weighted by Crippen LogP contribution is -2.66. The van der Waals surface area contributed by atoms with E-state index in [4.69, 9.17) is 13.9 Å². The Morgan fingerprint density at radius 1 is 0.900 bits per heavy atom. The largest absolute Gasteiger partial charge is 0.467 e. The summed E-state index contributed by atoms with van der Waals surface area (Å²) in [6, 6.07) is 25.2. The first kappa shape index (κ1) is 32.5. The molecule has 0 fully saturated rings. The average Bonchev–Trinajstić information content (AvgIpc) is 2.90. The summed E-state index contributed by atoms with van der Waals surface area (Å²) >= 11 is 3.76. The maximum atomic E-state index is 11.0. The number of ether oxygens (including phenoxy) is 2. The second-order valence-corrected chi connectivity index (χ2v) is 17.3. The molecular formula is C33H45BrO5Si. The van der Waals surface area contributed by atoms with Crippen LogP contribution < -0.4 is 15.1 Å². The quantitative estimate of drug-likeness (QED) is 0.171. The Labute approximate surface area is 249 Å². The molecule has 0 aliphatic heterocycles. The molecule has 0 aliphatic rings. The Bertz CT molecular complexity index is 1170. The van der Waals surface area contributed by atoms with Crippen molar-refractivity contribution in [2.75, 3.05) is 20.5 Å². The van der Waals surface area contributed by atoms with Gasteiger partial charge in [0.05, 0.1) is 11.7 Å². The van der Waals surface area contributed by atoms with Crippen LogP contribution in [0.4, 0.5) is 0 Å². The first-order valence-corrected chi connectivity index (χ1v) is 16.6. The van der Waals surface area contributed by atoms with E-state index in [0.717, 1.165) is 21.3 Å². The van der Waals surface area contributed by atoms with Gasteiger partial charge in [0, 0.05) is 18.2 Å². The van der Waals surface area contributed by atoms with E-state index in [1.165, 1.54) is 10.4 Å². The highest BCUT2D eigenvalue weighted by Crippen LogP contribution is 2.40. The molecule has 0 aromatic heterocycles. The number of halogens is 1. The molecule has 0 heterocycles. The van der Waals surface area contributed by atoms with Gasteiger partial charge in [-0.1, -0.05) is 97.4 Å². The van der Waals surface area contributed by atoms with Gasteiger partial charge in [-0.3, -0.25) is 0 Å². The Morgan fingerprint density at radius 2 is 1.45 bits per heavy atom. The smallest absolute Gasteiger partial charge is 0.261 e. The third-order valence-corrected chi connectivity index (χ3v) is 13.3. The lowest BCUT2D eigenvalue weighted by atomic mass is 9.85. The summed E-state index contributed by atoms with van der Waals surface area (Å²) in [6.45, 7) is 12.7. The molecule has 5 nitrogen and oxygen atoms in total. The van der Waals surface area contributed by atoms with E-state index in [9.17, 15) is 10.2 Å². The number of hydrogen-bond donors (Lipinski definition) is 2. The second-order valence-electron chi connectivity index (χ2n) is 12.1. The van der Waals surface area contributed by atoms with Crippen molar-refractivity contribution in [1.82, 2.24) is 0 Å². The van der Waals surface area contributed by atoms with Crippen LogP contribution in [0.2, 0.25) is 5.04 Å². The molecule has 0 saturated heterocycles. The van der Waals surface area contributed by atoms with Crippen LogP contribution in [-0.4, -0.2) is 50.7 Å². The molecule has 0 amide bonds. The van der Waals surface area contributed by atoms with Gasteiger partial charge in [0.2, 0.25) is 0 Å². The Hall–Kier alpha value is -2.00. The van der Waals surface area contributed by atoms with Gasteiger partial charge in [-0.15, -0.1) is 0 Å². The lowest BCUT2D eigenvalue weighted by Gasteiger charge is -2.43. The van der Waals surface area contributed by atoms with Crippen molar-refractivity contribution in [2.24, 2.45) is 0 Å². The van der Waals surface area contributed by atoms with Gasteiger partial charge < -0.3 is 24.1 Å². The zero-order chi connectivity index (χ0) is 29.6. The van der Waals surface area contributed by atoms with Crippen LogP contribution in [0.15, 0.2) is 77.3 Å². The molecule has 40 heavy (non-hydrogen) atoms. The fraction of sp³-hybridized carbons (Fsp3) is 0.455. The molecule has 0 radical (unpaired) electrons. The molecule has 3 aromatic rings. The highest BCUT2D eigenvalue weighted by atomic mass is 79.9. The minimum absolute atomic E-state index is 0.0977. The van der Waals surface area contributed by atoms with E-state index in [1.807, 2.05) is 31.2 Å². The molecular weight excluding hydrogens is 584 g/mol. The molecule has 218 valence electrons. The van der Waals surface area contributed by atoms with Crippen molar-refractivity contribution in [3.8, 4) is 5.75 Å². The monoisotopic (exact) mass is 628 g/mol. The number of rotatable bonds is 13. The zero-order valence-corrected chi connectivity index (χ0v) is 27.5. The van der Waals surface area contributed by atoms with Gasteiger partial charge in [0.1, 0.15) is 5.75 Å². The molecule has 2 atom stereocenters. The van der Waals surface area contributed by atoms with Gasteiger partial charge in [0.25, 0.3) is 8.32 Å². The highest BCUT2D eigenvalue weighted by Gasteiger charge is 2.50. The van der Waals surface area contributed by atoms with E-state index in [1.54, 1.807) is 21.0 Å². The molecule has 0 aliphatic carbocycles. The maximum Gasteiger partial charge on any atom is 0.261 e. The summed E-state index contributed by atoms with van der Waals surface area (Å²) in [5.41, 5.74) is 0.757. The molecule has 0 spiro atoms. The number of methoxy groups -OCH3 is 1. The SMILES string of the molecule is COCOc1cc([C@H](CCO[Si](c2ccccc2)(c2ccccc2)C(C)(C)C)C[C@@H](O)C(C)(C)O)c(Br)cc1C. The fourth-order valence-corrected chi connectivity index (χ4v) is 10.7. The van der Waals surface area contributed by atoms with Gasteiger partial charge in [-0.25, -0.2) is 0 Å². The maximum absolute atomic E-state index is 11.0. The van der Waals surface area contributed by atoms with E-state index in [-0.39, 0.29) is 17.7 Å². The van der Waals surface area contributed by atoms with Crippen molar-refractivity contribution in [3.63, 3.8) is 0 Å². The molecule has 0 bridgehead atoms. The van der Waals surface area contributed by atoms with Crippen molar-refractivity contribution >= 4 is 34.6 Å².